The number of nitrogens with zero attached hydrogens (tertiary/aromatic N) is 5. The highest BCUT2D eigenvalue weighted by Gasteiger charge is 2.27. The molecule has 3 aromatic rings. The maximum Gasteiger partial charge on any atom is 0.287 e. The molecule has 0 N–H and O–H groups in total. The lowest BCUT2D eigenvalue weighted by molar-refractivity contribution is -0.385. The number of hydrogen-bond donors (Lipinski definition) is 0. The highest BCUT2D eigenvalue weighted by atomic mass is 16.6. The van der Waals surface area contributed by atoms with Crippen LogP contribution in [0.5, 0.6) is 0 Å². The molecule has 1 aliphatic rings. The molecule has 2 aromatic heterocycles. The first-order valence-electron chi connectivity index (χ1n) is 10.7. The maximum absolute atomic E-state index is 13.5. The monoisotopic (exact) mass is 421 g/mol. The first-order valence-corrected chi connectivity index (χ1v) is 10.7. The number of piperazine rings is 1. The third-order valence-electron chi connectivity index (χ3n) is 6.14. The van der Waals surface area contributed by atoms with E-state index in [-0.39, 0.29) is 11.6 Å². The number of carbonyl (C=O) groups is 1. The van der Waals surface area contributed by atoms with Gasteiger partial charge in [-0.1, -0.05) is 13.0 Å². The number of pyridine rings is 1. The number of hydrogen-bond acceptors (Lipinski definition) is 5. The molecule has 162 valence electrons. The molecule has 1 amide bonds. The fourth-order valence-electron chi connectivity index (χ4n) is 4.36. The SMILES string of the molecule is CCc1ccc2c(c1)c(C)c(C(=O)N1CCN(c3ccc([N+](=O)[O-])cn3)CC1)n2CC. The summed E-state index contributed by atoms with van der Waals surface area (Å²) in [7, 11) is 0. The van der Waals surface area contributed by atoms with Crippen LogP contribution in [0.4, 0.5) is 11.5 Å². The molecule has 3 heterocycles. The Kier molecular flexibility index (Phi) is 5.63. The lowest BCUT2D eigenvalue weighted by Gasteiger charge is -2.35. The Bertz CT molecular complexity index is 1130. The number of anilines is 1. The fourth-order valence-corrected chi connectivity index (χ4v) is 4.36. The molecular weight excluding hydrogens is 394 g/mol. The van der Waals surface area contributed by atoms with Crippen molar-refractivity contribution in [2.24, 2.45) is 0 Å². The molecule has 1 aromatic carbocycles. The summed E-state index contributed by atoms with van der Waals surface area (Å²) in [6.45, 7) is 9.44. The van der Waals surface area contributed by atoms with Gasteiger partial charge < -0.3 is 14.4 Å². The molecule has 4 rings (SSSR count). The zero-order valence-electron chi connectivity index (χ0n) is 18.2. The Morgan fingerprint density at radius 1 is 1.13 bits per heavy atom. The minimum atomic E-state index is -0.452. The first-order chi connectivity index (χ1) is 14.9. The van der Waals surface area contributed by atoms with Crippen molar-refractivity contribution in [3.63, 3.8) is 0 Å². The third kappa shape index (κ3) is 3.73. The van der Waals surface area contributed by atoms with Crippen molar-refractivity contribution in [2.75, 3.05) is 31.1 Å². The Morgan fingerprint density at radius 2 is 1.87 bits per heavy atom. The van der Waals surface area contributed by atoms with Crippen LogP contribution in [0.15, 0.2) is 36.5 Å². The lowest BCUT2D eigenvalue weighted by Crippen LogP contribution is -2.49. The summed E-state index contributed by atoms with van der Waals surface area (Å²) in [5.74, 6) is 0.758. The Labute approximate surface area is 181 Å². The van der Waals surface area contributed by atoms with Crippen molar-refractivity contribution in [1.82, 2.24) is 14.5 Å². The van der Waals surface area contributed by atoms with Gasteiger partial charge in [-0.3, -0.25) is 14.9 Å². The normalized spacial score (nSPS) is 14.3. The van der Waals surface area contributed by atoms with Gasteiger partial charge in [-0.25, -0.2) is 4.98 Å². The Hall–Kier alpha value is -3.42. The van der Waals surface area contributed by atoms with Crippen LogP contribution in [0.25, 0.3) is 10.9 Å². The summed E-state index contributed by atoms with van der Waals surface area (Å²) < 4.78 is 2.12. The average Bonchev–Trinajstić information content (AvgIpc) is 3.09. The second kappa shape index (κ2) is 8.37. The van der Waals surface area contributed by atoms with E-state index in [2.05, 4.69) is 46.5 Å². The Balaban J connectivity index is 1.54. The summed E-state index contributed by atoms with van der Waals surface area (Å²) in [5.41, 5.74) is 4.16. The van der Waals surface area contributed by atoms with Gasteiger partial charge in [0, 0.05) is 49.7 Å². The topological polar surface area (TPSA) is 84.5 Å². The molecule has 8 heteroatoms. The van der Waals surface area contributed by atoms with E-state index < -0.39 is 4.92 Å². The minimum Gasteiger partial charge on any atom is -0.353 e. The summed E-state index contributed by atoms with van der Waals surface area (Å²) in [6.07, 6.45) is 2.25. The number of benzene rings is 1. The van der Waals surface area contributed by atoms with E-state index in [1.165, 1.54) is 17.8 Å². The molecule has 1 aliphatic heterocycles. The summed E-state index contributed by atoms with van der Waals surface area (Å²) in [4.78, 5) is 32.0. The largest absolute Gasteiger partial charge is 0.353 e. The van der Waals surface area contributed by atoms with Gasteiger partial charge in [0.15, 0.2) is 0 Å². The molecular formula is C23H27N5O3. The van der Waals surface area contributed by atoms with Crippen molar-refractivity contribution in [3.8, 4) is 0 Å². The highest BCUT2D eigenvalue weighted by Crippen LogP contribution is 2.28. The fraction of sp³-hybridized carbons (Fsp3) is 0.391. The molecule has 31 heavy (non-hydrogen) atoms. The van der Waals surface area contributed by atoms with Crippen molar-refractivity contribution >= 4 is 28.3 Å². The number of aromatic nitrogens is 2. The quantitative estimate of drug-likeness (QED) is 0.462. The van der Waals surface area contributed by atoms with Crippen LogP contribution in [0.1, 0.15) is 35.5 Å². The van der Waals surface area contributed by atoms with Gasteiger partial charge in [0.25, 0.3) is 11.6 Å². The molecule has 1 fully saturated rings. The van der Waals surface area contributed by atoms with E-state index in [1.54, 1.807) is 6.07 Å². The second-order valence-electron chi connectivity index (χ2n) is 7.83. The van der Waals surface area contributed by atoms with Crippen LogP contribution in [0, 0.1) is 17.0 Å². The smallest absolute Gasteiger partial charge is 0.287 e. The van der Waals surface area contributed by atoms with Gasteiger partial charge in [0.05, 0.1) is 4.92 Å². The second-order valence-corrected chi connectivity index (χ2v) is 7.83. The van der Waals surface area contributed by atoms with E-state index in [1.807, 2.05) is 11.8 Å². The molecule has 0 atom stereocenters. The van der Waals surface area contributed by atoms with E-state index in [0.717, 1.165) is 35.1 Å². The van der Waals surface area contributed by atoms with E-state index in [4.69, 9.17) is 0 Å². The van der Waals surface area contributed by atoms with Crippen molar-refractivity contribution in [2.45, 2.75) is 33.7 Å². The molecule has 8 nitrogen and oxygen atoms in total. The predicted octanol–water partition coefficient (Wildman–Crippen LogP) is 3.80. The van der Waals surface area contributed by atoms with Crippen LogP contribution in [0.2, 0.25) is 0 Å². The maximum atomic E-state index is 13.5. The molecule has 0 spiro atoms. The average molecular weight is 422 g/mol. The molecule has 0 aliphatic carbocycles. The summed E-state index contributed by atoms with van der Waals surface area (Å²) in [6, 6.07) is 9.59. The minimum absolute atomic E-state index is 0.0216. The first kappa shape index (κ1) is 20.8. The summed E-state index contributed by atoms with van der Waals surface area (Å²) in [5, 5.41) is 12.0. The highest BCUT2D eigenvalue weighted by molar-refractivity contribution is 6.02. The Morgan fingerprint density at radius 3 is 2.45 bits per heavy atom. The van der Waals surface area contributed by atoms with Crippen molar-refractivity contribution < 1.29 is 9.72 Å². The van der Waals surface area contributed by atoms with Gasteiger partial charge in [-0.2, -0.15) is 0 Å². The van der Waals surface area contributed by atoms with Crippen LogP contribution in [-0.2, 0) is 13.0 Å². The van der Waals surface area contributed by atoms with Gasteiger partial charge in [-0.15, -0.1) is 0 Å². The molecule has 0 radical (unpaired) electrons. The molecule has 0 saturated carbocycles. The summed E-state index contributed by atoms with van der Waals surface area (Å²) >= 11 is 0. The molecule has 1 saturated heterocycles. The lowest BCUT2D eigenvalue weighted by atomic mass is 10.1. The van der Waals surface area contributed by atoms with Crippen molar-refractivity contribution in [1.29, 1.82) is 0 Å². The van der Waals surface area contributed by atoms with E-state index in [9.17, 15) is 14.9 Å². The van der Waals surface area contributed by atoms with Gasteiger partial charge in [0.1, 0.15) is 17.7 Å². The number of rotatable bonds is 5. The van der Waals surface area contributed by atoms with E-state index >= 15 is 0 Å². The zero-order valence-corrected chi connectivity index (χ0v) is 18.2. The van der Waals surface area contributed by atoms with Crippen LogP contribution in [-0.4, -0.2) is 51.5 Å². The zero-order chi connectivity index (χ0) is 22.1. The number of nitro groups is 1. The number of aryl methyl sites for hydroxylation is 3. The molecule has 0 unspecified atom stereocenters. The van der Waals surface area contributed by atoms with Gasteiger partial charge >= 0.3 is 0 Å². The standard InChI is InChI=1S/C23H27N5O3/c1-4-17-6-8-20-19(14-17)16(3)22(27(20)5-2)23(29)26-12-10-25(11-13-26)21-9-7-18(15-24-21)28(30)31/h6-9,14-15H,4-5,10-13H2,1-3H3. The molecule has 0 bridgehead atoms. The van der Waals surface area contributed by atoms with Crippen molar-refractivity contribution in [3.05, 3.63) is 63.5 Å². The number of carbonyl (C=O) groups excluding carboxylic acids is 1. The van der Waals surface area contributed by atoms with Gasteiger partial charge in [-0.05, 0) is 49.6 Å². The van der Waals surface area contributed by atoms with Crippen LogP contribution >= 0.6 is 0 Å². The number of amides is 1. The third-order valence-corrected chi connectivity index (χ3v) is 6.14. The van der Waals surface area contributed by atoms with Crippen LogP contribution in [0.3, 0.4) is 0 Å². The number of fused-ring (bicyclic) bond motifs is 1. The van der Waals surface area contributed by atoms with Gasteiger partial charge in [0.2, 0.25) is 0 Å². The predicted molar refractivity (Wildman–Crippen MR) is 121 cm³/mol. The van der Waals surface area contributed by atoms with E-state index in [0.29, 0.717) is 32.0 Å². The van der Waals surface area contributed by atoms with Crippen LogP contribution < -0.4 is 4.90 Å².